The number of benzene rings is 1. The molecular formula is C17H23N3O. The molecule has 1 heterocycles. The van der Waals surface area contributed by atoms with Crippen molar-refractivity contribution in [2.24, 2.45) is 0 Å². The first-order valence-corrected chi connectivity index (χ1v) is 7.99. The molecule has 1 aliphatic carbocycles. The second-order valence-corrected chi connectivity index (χ2v) is 5.86. The van der Waals surface area contributed by atoms with Gasteiger partial charge >= 0.3 is 0 Å². The highest BCUT2D eigenvalue weighted by molar-refractivity contribution is 5.72. The van der Waals surface area contributed by atoms with Crippen LogP contribution >= 0.6 is 0 Å². The summed E-state index contributed by atoms with van der Waals surface area (Å²) in [5.41, 5.74) is 2.10. The molecule has 112 valence electrons. The highest BCUT2D eigenvalue weighted by Crippen LogP contribution is 2.29. The molecular weight excluding hydrogens is 262 g/mol. The van der Waals surface area contributed by atoms with Crippen LogP contribution in [0.1, 0.15) is 50.8 Å². The monoisotopic (exact) mass is 285 g/mol. The minimum Gasteiger partial charge on any atom is -0.421 e. The number of aryl methyl sites for hydroxylation is 1. The van der Waals surface area contributed by atoms with Crippen molar-refractivity contribution >= 4 is 5.69 Å². The smallest absolute Gasteiger partial charge is 0.249 e. The number of rotatable bonds is 3. The van der Waals surface area contributed by atoms with E-state index >= 15 is 0 Å². The van der Waals surface area contributed by atoms with Gasteiger partial charge in [0.15, 0.2) is 0 Å². The third-order valence-corrected chi connectivity index (χ3v) is 4.15. The first-order chi connectivity index (χ1) is 10.3. The SMILES string of the molecule is Cc1nnc(-c2ccccc2NC2CCCCCCC2)o1. The molecule has 1 fully saturated rings. The summed E-state index contributed by atoms with van der Waals surface area (Å²) in [5, 5.41) is 11.8. The van der Waals surface area contributed by atoms with E-state index in [-0.39, 0.29) is 0 Å². The summed E-state index contributed by atoms with van der Waals surface area (Å²) in [4.78, 5) is 0. The van der Waals surface area contributed by atoms with Crippen LogP contribution in [0.4, 0.5) is 5.69 Å². The molecule has 0 amide bonds. The molecule has 0 saturated heterocycles. The van der Waals surface area contributed by atoms with Crippen LogP contribution in [0.5, 0.6) is 0 Å². The van der Waals surface area contributed by atoms with E-state index in [9.17, 15) is 0 Å². The van der Waals surface area contributed by atoms with Gasteiger partial charge < -0.3 is 9.73 Å². The zero-order valence-corrected chi connectivity index (χ0v) is 12.6. The highest BCUT2D eigenvalue weighted by Gasteiger charge is 2.15. The Kier molecular flexibility index (Phi) is 4.53. The van der Waals surface area contributed by atoms with Gasteiger partial charge in [-0.1, -0.05) is 44.2 Å². The van der Waals surface area contributed by atoms with Gasteiger partial charge in [0.25, 0.3) is 0 Å². The molecule has 0 atom stereocenters. The Balaban J connectivity index is 1.78. The van der Waals surface area contributed by atoms with E-state index < -0.39 is 0 Å². The highest BCUT2D eigenvalue weighted by atomic mass is 16.4. The third-order valence-electron chi connectivity index (χ3n) is 4.15. The van der Waals surface area contributed by atoms with Gasteiger partial charge in [0.2, 0.25) is 11.8 Å². The molecule has 1 aliphatic rings. The third kappa shape index (κ3) is 3.63. The van der Waals surface area contributed by atoms with Gasteiger partial charge in [-0.15, -0.1) is 10.2 Å². The molecule has 0 unspecified atom stereocenters. The standard InChI is InChI=1S/C17H23N3O/c1-13-19-20-17(21-13)15-11-7-8-12-16(15)18-14-9-5-3-2-4-6-10-14/h7-8,11-12,14,18H,2-6,9-10H2,1H3. The molecule has 1 aromatic heterocycles. The predicted molar refractivity (Wildman–Crippen MR) is 84.2 cm³/mol. The summed E-state index contributed by atoms with van der Waals surface area (Å²) < 4.78 is 5.58. The Morgan fingerprint density at radius 2 is 1.71 bits per heavy atom. The normalized spacial score (nSPS) is 17.2. The van der Waals surface area contributed by atoms with Gasteiger partial charge in [-0.3, -0.25) is 0 Å². The van der Waals surface area contributed by atoms with E-state index in [1.54, 1.807) is 0 Å². The second kappa shape index (κ2) is 6.74. The molecule has 0 aliphatic heterocycles. The Hall–Kier alpha value is -1.84. The number of anilines is 1. The van der Waals surface area contributed by atoms with Crippen molar-refractivity contribution in [3.63, 3.8) is 0 Å². The lowest BCUT2D eigenvalue weighted by Gasteiger charge is -2.23. The van der Waals surface area contributed by atoms with E-state index in [0.717, 1.165) is 11.3 Å². The molecule has 4 nitrogen and oxygen atoms in total. The number of nitrogens with zero attached hydrogens (tertiary/aromatic N) is 2. The van der Waals surface area contributed by atoms with E-state index in [2.05, 4.69) is 27.6 Å². The van der Waals surface area contributed by atoms with Crippen molar-refractivity contribution in [3.8, 4) is 11.5 Å². The molecule has 1 saturated carbocycles. The quantitative estimate of drug-likeness (QED) is 0.897. The van der Waals surface area contributed by atoms with Crippen LogP contribution in [-0.4, -0.2) is 16.2 Å². The minimum atomic E-state index is 0.551. The van der Waals surface area contributed by atoms with Crippen LogP contribution in [0.3, 0.4) is 0 Å². The fourth-order valence-corrected chi connectivity index (χ4v) is 3.02. The van der Waals surface area contributed by atoms with Gasteiger partial charge in [-0.05, 0) is 25.0 Å². The topological polar surface area (TPSA) is 51.0 Å². The number of aromatic nitrogens is 2. The van der Waals surface area contributed by atoms with Gasteiger partial charge in [0.05, 0.1) is 5.56 Å². The Morgan fingerprint density at radius 1 is 1.00 bits per heavy atom. The average molecular weight is 285 g/mol. The number of hydrogen-bond acceptors (Lipinski definition) is 4. The van der Waals surface area contributed by atoms with Crippen LogP contribution < -0.4 is 5.32 Å². The van der Waals surface area contributed by atoms with Crippen LogP contribution in [0, 0.1) is 6.92 Å². The van der Waals surface area contributed by atoms with Crippen LogP contribution in [-0.2, 0) is 0 Å². The van der Waals surface area contributed by atoms with Crippen molar-refractivity contribution in [1.82, 2.24) is 10.2 Å². The Morgan fingerprint density at radius 3 is 2.43 bits per heavy atom. The van der Waals surface area contributed by atoms with E-state index in [1.165, 1.54) is 44.9 Å². The fourth-order valence-electron chi connectivity index (χ4n) is 3.02. The molecule has 1 aromatic carbocycles. The maximum Gasteiger partial charge on any atom is 0.249 e. The average Bonchev–Trinajstić information content (AvgIpc) is 2.89. The van der Waals surface area contributed by atoms with Gasteiger partial charge in [-0.2, -0.15) is 0 Å². The summed E-state index contributed by atoms with van der Waals surface area (Å²) in [6.45, 7) is 1.82. The van der Waals surface area contributed by atoms with Gasteiger partial charge in [0.1, 0.15) is 0 Å². The molecule has 0 bridgehead atoms. The maximum atomic E-state index is 5.58. The first-order valence-electron chi connectivity index (χ1n) is 7.99. The summed E-state index contributed by atoms with van der Waals surface area (Å²) in [7, 11) is 0. The van der Waals surface area contributed by atoms with Crippen molar-refractivity contribution in [2.45, 2.75) is 57.9 Å². The summed E-state index contributed by atoms with van der Waals surface area (Å²) in [6, 6.07) is 8.76. The lowest BCUT2D eigenvalue weighted by atomic mass is 9.96. The van der Waals surface area contributed by atoms with Crippen LogP contribution in [0.15, 0.2) is 28.7 Å². The van der Waals surface area contributed by atoms with Crippen LogP contribution in [0.25, 0.3) is 11.5 Å². The van der Waals surface area contributed by atoms with Crippen LogP contribution in [0.2, 0.25) is 0 Å². The zero-order chi connectivity index (χ0) is 14.5. The zero-order valence-electron chi connectivity index (χ0n) is 12.6. The molecule has 0 radical (unpaired) electrons. The number of nitrogens with one attached hydrogen (secondary N) is 1. The van der Waals surface area contributed by atoms with Crippen molar-refractivity contribution in [1.29, 1.82) is 0 Å². The number of para-hydroxylation sites is 1. The molecule has 4 heteroatoms. The van der Waals surface area contributed by atoms with E-state index in [0.29, 0.717) is 17.8 Å². The lowest BCUT2D eigenvalue weighted by molar-refractivity contribution is 0.471. The molecule has 1 N–H and O–H groups in total. The first kappa shape index (κ1) is 14.1. The largest absolute Gasteiger partial charge is 0.421 e. The minimum absolute atomic E-state index is 0.551. The summed E-state index contributed by atoms with van der Waals surface area (Å²) in [5.74, 6) is 1.20. The van der Waals surface area contributed by atoms with Crippen molar-refractivity contribution in [3.05, 3.63) is 30.2 Å². The Bertz CT molecular complexity index is 571. The number of hydrogen-bond donors (Lipinski definition) is 1. The van der Waals surface area contributed by atoms with Crippen molar-refractivity contribution in [2.75, 3.05) is 5.32 Å². The summed E-state index contributed by atoms with van der Waals surface area (Å²) >= 11 is 0. The Labute approximate surface area is 126 Å². The molecule has 3 rings (SSSR count). The lowest BCUT2D eigenvalue weighted by Crippen LogP contribution is -2.20. The maximum absolute atomic E-state index is 5.58. The predicted octanol–water partition coefficient (Wildman–Crippen LogP) is 4.57. The van der Waals surface area contributed by atoms with E-state index in [4.69, 9.17) is 4.42 Å². The fraction of sp³-hybridized carbons (Fsp3) is 0.529. The molecule has 2 aromatic rings. The molecule has 0 spiro atoms. The van der Waals surface area contributed by atoms with E-state index in [1.807, 2.05) is 19.1 Å². The van der Waals surface area contributed by atoms with Crippen molar-refractivity contribution < 1.29 is 4.42 Å². The second-order valence-electron chi connectivity index (χ2n) is 5.86. The summed E-state index contributed by atoms with van der Waals surface area (Å²) in [6.07, 6.45) is 9.25. The molecule has 21 heavy (non-hydrogen) atoms. The van der Waals surface area contributed by atoms with Gasteiger partial charge in [0, 0.05) is 18.7 Å². The van der Waals surface area contributed by atoms with Gasteiger partial charge in [-0.25, -0.2) is 0 Å².